The van der Waals surface area contributed by atoms with Crippen molar-refractivity contribution in [2.75, 3.05) is 0 Å². The third-order valence-electron chi connectivity index (χ3n) is 4.05. The van der Waals surface area contributed by atoms with Crippen LogP contribution in [0.4, 0.5) is 0 Å². The second kappa shape index (κ2) is 3.73. The van der Waals surface area contributed by atoms with Crippen molar-refractivity contribution in [2.24, 2.45) is 0 Å². The molecule has 0 bridgehead atoms. The molecule has 3 nitrogen and oxygen atoms in total. The lowest BCUT2D eigenvalue weighted by molar-refractivity contribution is 0.473. The summed E-state index contributed by atoms with van der Waals surface area (Å²) in [7, 11) is 0. The van der Waals surface area contributed by atoms with E-state index >= 15 is 0 Å². The van der Waals surface area contributed by atoms with Crippen LogP contribution in [0.1, 0.15) is 12.5 Å². The summed E-state index contributed by atoms with van der Waals surface area (Å²) in [5.74, 6) is 0.124. The van der Waals surface area contributed by atoms with Gasteiger partial charge in [0.1, 0.15) is 5.75 Å². The average Bonchev–Trinajstić information content (AvgIpc) is 2.81. The second-order valence-electron chi connectivity index (χ2n) is 5.04. The Balaban J connectivity index is 2.49. The molecule has 0 saturated carbocycles. The minimum Gasteiger partial charge on any atom is -0.507 e. The molecule has 1 N–H and O–H groups in total. The summed E-state index contributed by atoms with van der Waals surface area (Å²) in [5.41, 5.74) is 2.08. The zero-order chi connectivity index (χ0) is 13.9. The Morgan fingerprint density at radius 1 is 1.00 bits per heavy atom. The molecule has 2 heterocycles. The summed E-state index contributed by atoms with van der Waals surface area (Å²) in [4.78, 5) is 12.7. The molecule has 0 unspecified atom stereocenters. The Bertz CT molecular complexity index is 1010. The van der Waals surface area contributed by atoms with Crippen LogP contribution in [0.15, 0.2) is 47.3 Å². The molecule has 0 aliphatic carbocycles. The maximum atomic E-state index is 12.7. The molecule has 20 heavy (non-hydrogen) atoms. The van der Waals surface area contributed by atoms with Gasteiger partial charge in [-0.2, -0.15) is 0 Å². The maximum Gasteiger partial charge on any atom is 0.262 e. The first kappa shape index (κ1) is 11.3. The van der Waals surface area contributed by atoms with Gasteiger partial charge in [-0.05, 0) is 18.6 Å². The molecule has 0 radical (unpaired) electrons. The van der Waals surface area contributed by atoms with E-state index in [4.69, 9.17) is 0 Å². The first-order chi connectivity index (χ1) is 9.74. The number of nitrogens with zero attached hydrogens (tertiary/aromatic N) is 1. The minimum absolute atomic E-state index is 0.116. The van der Waals surface area contributed by atoms with Gasteiger partial charge in [0.2, 0.25) is 0 Å². The summed E-state index contributed by atoms with van der Waals surface area (Å²) < 4.78 is 1.73. The fourth-order valence-corrected chi connectivity index (χ4v) is 3.14. The van der Waals surface area contributed by atoms with Crippen LogP contribution in [-0.4, -0.2) is 9.51 Å². The zero-order valence-corrected chi connectivity index (χ0v) is 11.1. The fraction of sp³-hybridized carbons (Fsp3) is 0.118. The smallest absolute Gasteiger partial charge is 0.262 e. The van der Waals surface area contributed by atoms with Crippen LogP contribution in [0.5, 0.6) is 5.75 Å². The Morgan fingerprint density at radius 3 is 2.50 bits per heavy atom. The quantitative estimate of drug-likeness (QED) is 0.572. The molecule has 0 atom stereocenters. The van der Waals surface area contributed by atoms with Crippen molar-refractivity contribution in [3.05, 3.63) is 58.4 Å². The largest absolute Gasteiger partial charge is 0.507 e. The lowest BCUT2D eigenvalue weighted by atomic mass is 10.1. The molecule has 2 aromatic carbocycles. The monoisotopic (exact) mass is 263 g/mol. The van der Waals surface area contributed by atoms with Crippen LogP contribution in [-0.2, 0) is 6.42 Å². The summed E-state index contributed by atoms with van der Waals surface area (Å²) in [6, 6.07) is 13.7. The van der Waals surface area contributed by atoms with Gasteiger partial charge in [-0.25, -0.2) is 0 Å². The van der Waals surface area contributed by atoms with Crippen LogP contribution in [0.3, 0.4) is 0 Å². The van der Waals surface area contributed by atoms with Crippen molar-refractivity contribution >= 4 is 27.2 Å². The average molecular weight is 263 g/mol. The first-order valence-corrected chi connectivity index (χ1v) is 6.73. The third kappa shape index (κ3) is 1.17. The second-order valence-corrected chi connectivity index (χ2v) is 5.04. The van der Waals surface area contributed by atoms with E-state index < -0.39 is 0 Å². The molecule has 0 fully saturated rings. The highest BCUT2D eigenvalue weighted by Crippen LogP contribution is 2.35. The summed E-state index contributed by atoms with van der Waals surface area (Å²) in [6.45, 7) is 1.89. The van der Waals surface area contributed by atoms with Crippen molar-refractivity contribution in [3.63, 3.8) is 0 Å². The van der Waals surface area contributed by atoms with Gasteiger partial charge in [-0.15, -0.1) is 0 Å². The van der Waals surface area contributed by atoms with E-state index in [0.29, 0.717) is 12.0 Å². The van der Waals surface area contributed by atoms with E-state index in [1.54, 1.807) is 4.40 Å². The third-order valence-corrected chi connectivity index (χ3v) is 4.05. The molecule has 4 rings (SSSR count). The molecule has 0 aliphatic rings. The van der Waals surface area contributed by atoms with Crippen molar-refractivity contribution < 1.29 is 5.11 Å². The molecule has 0 spiro atoms. The van der Waals surface area contributed by atoms with Gasteiger partial charge in [-0.3, -0.25) is 9.20 Å². The van der Waals surface area contributed by atoms with E-state index in [2.05, 4.69) is 0 Å². The topological polar surface area (TPSA) is 41.7 Å². The lowest BCUT2D eigenvalue weighted by Crippen LogP contribution is -2.17. The van der Waals surface area contributed by atoms with Crippen molar-refractivity contribution in [3.8, 4) is 5.75 Å². The number of benzene rings is 2. The van der Waals surface area contributed by atoms with Gasteiger partial charge in [0.05, 0.1) is 16.6 Å². The van der Waals surface area contributed by atoms with E-state index in [1.807, 2.05) is 49.4 Å². The van der Waals surface area contributed by atoms with E-state index in [9.17, 15) is 9.90 Å². The van der Waals surface area contributed by atoms with Gasteiger partial charge in [-0.1, -0.05) is 37.3 Å². The summed E-state index contributed by atoms with van der Waals surface area (Å²) >= 11 is 0. The van der Waals surface area contributed by atoms with Gasteiger partial charge < -0.3 is 5.11 Å². The highest BCUT2D eigenvalue weighted by atomic mass is 16.3. The zero-order valence-electron chi connectivity index (χ0n) is 11.1. The number of aromatic hydroxyl groups is 1. The van der Waals surface area contributed by atoms with Gasteiger partial charge >= 0.3 is 0 Å². The first-order valence-electron chi connectivity index (χ1n) is 6.73. The van der Waals surface area contributed by atoms with Gasteiger partial charge in [0, 0.05) is 16.2 Å². The summed E-state index contributed by atoms with van der Waals surface area (Å²) in [6.07, 6.45) is 0.521. The van der Waals surface area contributed by atoms with E-state index in [1.165, 1.54) is 0 Å². The van der Waals surface area contributed by atoms with Crippen molar-refractivity contribution in [1.29, 1.82) is 0 Å². The lowest BCUT2D eigenvalue weighted by Gasteiger charge is -2.07. The van der Waals surface area contributed by atoms with Crippen LogP contribution < -0.4 is 5.56 Å². The Morgan fingerprint density at radius 2 is 1.70 bits per heavy atom. The number of hydrogen-bond donors (Lipinski definition) is 1. The van der Waals surface area contributed by atoms with Crippen molar-refractivity contribution in [1.82, 2.24) is 4.40 Å². The standard InChI is InChI=1S/C17H13NO2/c1-2-10-16(19)13-8-5-7-12-11-6-3-4-9-14(11)18(15(12)13)17(10)20/h3-9,19H,2H2,1H3. The molecule has 2 aromatic heterocycles. The predicted molar refractivity (Wildman–Crippen MR) is 80.9 cm³/mol. The fourth-order valence-electron chi connectivity index (χ4n) is 3.14. The number of hydrogen-bond acceptors (Lipinski definition) is 2. The number of para-hydroxylation sites is 2. The molecule has 0 amide bonds. The summed E-state index contributed by atoms with van der Waals surface area (Å²) in [5, 5.41) is 13.2. The molecule has 0 saturated heterocycles. The minimum atomic E-state index is -0.116. The van der Waals surface area contributed by atoms with Crippen molar-refractivity contribution in [2.45, 2.75) is 13.3 Å². The molecular weight excluding hydrogens is 250 g/mol. The van der Waals surface area contributed by atoms with Crippen LogP contribution in [0, 0.1) is 0 Å². The van der Waals surface area contributed by atoms with E-state index in [-0.39, 0.29) is 11.3 Å². The SMILES string of the molecule is CCc1c(O)c2cccc3c4ccccc4n(c1=O)c23. The normalized spacial score (nSPS) is 11.8. The molecule has 98 valence electrons. The molecule has 0 aliphatic heterocycles. The van der Waals surface area contributed by atoms with Crippen LogP contribution in [0.2, 0.25) is 0 Å². The maximum absolute atomic E-state index is 12.7. The van der Waals surface area contributed by atoms with Crippen LogP contribution >= 0.6 is 0 Å². The van der Waals surface area contributed by atoms with Gasteiger partial charge in [0.25, 0.3) is 5.56 Å². The Labute approximate surface area is 115 Å². The predicted octanol–water partition coefficient (Wildman–Crippen LogP) is 3.31. The molecule has 3 heteroatoms. The van der Waals surface area contributed by atoms with Gasteiger partial charge in [0.15, 0.2) is 0 Å². The number of pyridine rings is 1. The Hall–Kier alpha value is -2.55. The van der Waals surface area contributed by atoms with Crippen LogP contribution in [0.25, 0.3) is 27.2 Å². The highest BCUT2D eigenvalue weighted by Gasteiger charge is 2.18. The highest BCUT2D eigenvalue weighted by molar-refractivity contribution is 6.15. The molecule has 4 aromatic rings. The van der Waals surface area contributed by atoms with E-state index in [0.717, 1.165) is 27.2 Å². The number of fused-ring (bicyclic) bond motifs is 3. The number of aromatic nitrogens is 1. The molecular formula is C17H13NO2. The Kier molecular flexibility index (Phi) is 2.11. The number of rotatable bonds is 1.